The van der Waals surface area contributed by atoms with E-state index in [9.17, 15) is 5.26 Å². The number of benzene rings is 1. The summed E-state index contributed by atoms with van der Waals surface area (Å²) < 4.78 is 0. The van der Waals surface area contributed by atoms with Gasteiger partial charge in [-0.05, 0) is 40.4 Å². The molecule has 5 nitrogen and oxygen atoms in total. The Hall–Kier alpha value is -3.41. The van der Waals surface area contributed by atoms with E-state index in [1.54, 1.807) is 0 Å². The van der Waals surface area contributed by atoms with Crippen molar-refractivity contribution in [3.05, 3.63) is 64.3 Å². The van der Waals surface area contributed by atoms with Gasteiger partial charge in [0.05, 0.1) is 29.8 Å². The van der Waals surface area contributed by atoms with Crippen LogP contribution in [0.3, 0.4) is 0 Å². The summed E-state index contributed by atoms with van der Waals surface area (Å²) in [5.74, 6) is 6.93. The Balaban J connectivity index is 1.99. The summed E-state index contributed by atoms with van der Waals surface area (Å²) >= 11 is 0. The van der Waals surface area contributed by atoms with Gasteiger partial charge in [-0.3, -0.25) is 10.3 Å². The van der Waals surface area contributed by atoms with Crippen LogP contribution in [0, 0.1) is 41.9 Å². The molecule has 2 aliphatic heterocycles. The Kier molecular flexibility index (Phi) is 6.67. The number of fused-ring (bicyclic) bond motifs is 1. The quantitative estimate of drug-likeness (QED) is 0.619. The lowest BCUT2D eigenvalue weighted by Gasteiger charge is -2.28. The number of allylic oxidation sites excluding steroid dienone is 5. The van der Waals surface area contributed by atoms with Crippen LogP contribution in [0.2, 0.25) is 0 Å². The minimum absolute atomic E-state index is 0.0568. The van der Waals surface area contributed by atoms with Gasteiger partial charge in [-0.25, -0.2) is 4.99 Å². The second kappa shape index (κ2) is 9.39. The second-order valence-corrected chi connectivity index (χ2v) is 7.93. The molecule has 1 aromatic carbocycles. The van der Waals surface area contributed by atoms with Crippen LogP contribution < -0.4 is 5.43 Å². The van der Waals surface area contributed by atoms with E-state index >= 15 is 0 Å². The van der Waals surface area contributed by atoms with E-state index in [0.717, 1.165) is 29.1 Å². The molecule has 0 aromatic heterocycles. The van der Waals surface area contributed by atoms with Crippen molar-refractivity contribution in [2.75, 3.05) is 20.6 Å². The molecule has 2 aliphatic rings. The van der Waals surface area contributed by atoms with Crippen LogP contribution in [0.5, 0.6) is 0 Å². The van der Waals surface area contributed by atoms with Crippen LogP contribution in [0.4, 0.5) is 0 Å². The standard InChI is InChI=1S/C25H27N5/c1-17(7-6-14-30(4)5)8-11-19(3)23-21(15-26)24(20-12-9-18(2)10-13-20)28-25-22(23)16-27-29-25/h8-13,16,22-23H,14H2,1-5H3,(H,28,29)/b17-8+,19-11+. The molecule has 5 heteroatoms. The summed E-state index contributed by atoms with van der Waals surface area (Å²) in [7, 11) is 4.00. The molecule has 1 N–H and O–H groups in total. The van der Waals surface area contributed by atoms with Crippen molar-refractivity contribution in [3.63, 3.8) is 0 Å². The van der Waals surface area contributed by atoms with Crippen molar-refractivity contribution in [2.24, 2.45) is 21.9 Å². The zero-order valence-electron chi connectivity index (χ0n) is 18.2. The van der Waals surface area contributed by atoms with E-state index in [1.165, 1.54) is 5.56 Å². The Morgan fingerprint density at radius 3 is 2.60 bits per heavy atom. The lowest BCUT2D eigenvalue weighted by atomic mass is 9.77. The molecule has 30 heavy (non-hydrogen) atoms. The SMILES string of the molecule is C/C(C#CCN(C)C)=C\C=C(/C)C1C(C#N)=C(c2ccc(C)cc2)N=C2NN=CC21. The number of nitrogens with one attached hydrogen (secondary N) is 1. The second-order valence-electron chi connectivity index (χ2n) is 7.93. The molecule has 3 rings (SSSR count). The largest absolute Gasteiger partial charge is 0.299 e. The third kappa shape index (κ3) is 4.76. The van der Waals surface area contributed by atoms with Crippen LogP contribution >= 0.6 is 0 Å². The van der Waals surface area contributed by atoms with Gasteiger partial charge in [-0.1, -0.05) is 59.4 Å². The number of aryl methyl sites for hydroxylation is 1. The first-order valence-electron chi connectivity index (χ1n) is 9.98. The first-order valence-corrected chi connectivity index (χ1v) is 9.98. The molecule has 0 spiro atoms. The molecule has 152 valence electrons. The smallest absolute Gasteiger partial charge is 0.132 e. The average Bonchev–Trinajstić information content (AvgIpc) is 3.19. The van der Waals surface area contributed by atoms with Crippen LogP contribution in [-0.2, 0) is 0 Å². The Morgan fingerprint density at radius 2 is 1.93 bits per heavy atom. The number of rotatable bonds is 4. The number of hydrogen-bond donors (Lipinski definition) is 1. The van der Waals surface area contributed by atoms with Gasteiger partial charge in [-0.15, -0.1) is 0 Å². The third-order valence-corrected chi connectivity index (χ3v) is 5.10. The lowest BCUT2D eigenvalue weighted by molar-refractivity contribution is 0.464. The predicted molar refractivity (Wildman–Crippen MR) is 124 cm³/mol. The summed E-state index contributed by atoms with van der Waals surface area (Å²) in [6, 6.07) is 10.5. The van der Waals surface area contributed by atoms with Crippen molar-refractivity contribution < 1.29 is 0 Å². The predicted octanol–water partition coefficient (Wildman–Crippen LogP) is 3.92. The number of hydrogen-bond acceptors (Lipinski definition) is 5. The normalized spacial score (nSPS) is 20.9. The van der Waals surface area contributed by atoms with E-state index in [2.05, 4.69) is 41.4 Å². The van der Waals surface area contributed by atoms with Gasteiger partial charge in [0.15, 0.2) is 0 Å². The van der Waals surface area contributed by atoms with E-state index in [-0.39, 0.29) is 11.8 Å². The molecule has 0 aliphatic carbocycles. The zero-order valence-corrected chi connectivity index (χ0v) is 18.2. The maximum absolute atomic E-state index is 10.1. The van der Waals surface area contributed by atoms with Gasteiger partial charge in [0.2, 0.25) is 0 Å². The number of amidine groups is 1. The molecule has 0 saturated carbocycles. The lowest BCUT2D eigenvalue weighted by Crippen LogP contribution is -2.32. The van der Waals surface area contributed by atoms with E-state index in [1.807, 2.05) is 69.4 Å². The van der Waals surface area contributed by atoms with Crippen molar-refractivity contribution in [3.8, 4) is 17.9 Å². The molecule has 0 amide bonds. The number of aliphatic imine (C=N–C) groups is 1. The van der Waals surface area contributed by atoms with Gasteiger partial charge in [0.1, 0.15) is 5.84 Å². The summed E-state index contributed by atoms with van der Waals surface area (Å²) in [4.78, 5) is 6.78. The highest BCUT2D eigenvalue weighted by atomic mass is 15.3. The van der Waals surface area contributed by atoms with Crippen LogP contribution in [0.1, 0.15) is 25.0 Å². The van der Waals surface area contributed by atoms with Crippen molar-refractivity contribution in [1.82, 2.24) is 10.3 Å². The minimum atomic E-state index is -0.115. The van der Waals surface area contributed by atoms with Crippen LogP contribution in [0.15, 0.2) is 63.2 Å². The van der Waals surface area contributed by atoms with Gasteiger partial charge in [0.25, 0.3) is 0 Å². The van der Waals surface area contributed by atoms with E-state index < -0.39 is 0 Å². The van der Waals surface area contributed by atoms with Gasteiger partial charge >= 0.3 is 0 Å². The summed E-state index contributed by atoms with van der Waals surface area (Å²) in [5, 5.41) is 14.3. The fourth-order valence-corrected chi connectivity index (χ4v) is 3.48. The van der Waals surface area contributed by atoms with Gasteiger partial charge < -0.3 is 0 Å². The van der Waals surface area contributed by atoms with Gasteiger partial charge in [0, 0.05) is 17.7 Å². The van der Waals surface area contributed by atoms with Crippen molar-refractivity contribution >= 4 is 17.7 Å². The Labute approximate surface area is 179 Å². The molecule has 2 atom stereocenters. The molecule has 0 radical (unpaired) electrons. The molecule has 0 saturated heterocycles. The molecule has 2 heterocycles. The maximum Gasteiger partial charge on any atom is 0.132 e. The van der Waals surface area contributed by atoms with Gasteiger partial charge in [-0.2, -0.15) is 10.4 Å². The summed E-state index contributed by atoms with van der Waals surface area (Å²) in [6.07, 6.45) is 5.92. The van der Waals surface area contributed by atoms with Crippen molar-refractivity contribution in [2.45, 2.75) is 20.8 Å². The highest BCUT2D eigenvalue weighted by Gasteiger charge is 2.37. The minimum Gasteiger partial charge on any atom is -0.299 e. The molecule has 1 aromatic rings. The molecule has 2 unspecified atom stereocenters. The first-order chi connectivity index (χ1) is 14.4. The fourth-order valence-electron chi connectivity index (χ4n) is 3.48. The number of nitriles is 1. The molecular weight excluding hydrogens is 370 g/mol. The van der Waals surface area contributed by atoms with E-state index in [0.29, 0.717) is 11.3 Å². The third-order valence-electron chi connectivity index (χ3n) is 5.10. The average molecular weight is 398 g/mol. The van der Waals surface area contributed by atoms with Crippen LogP contribution in [0.25, 0.3) is 5.70 Å². The Morgan fingerprint density at radius 1 is 1.20 bits per heavy atom. The zero-order chi connectivity index (χ0) is 21.7. The molecule has 0 bridgehead atoms. The highest BCUT2D eigenvalue weighted by molar-refractivity contribution is 6.06. The Bertz CT molecular complexity index is 1060. The summed E-state index contributed by atoms with van der Waals surface area (Å²) in [6.45, 7) is 6.82. The molecule has 0 fully saturated rings. The topological polar surface area (TPSA) is 63.8 Å². The fraction of sp³-hybridized carbons (Fsp3) is 0.320. The molecular formula is C25H27N5. The number of nitrogens with zero attached hydrogens (tertiary/aromatic N) is 4. The van der Waals surface area contributed by atoms with Crippen molar-refractivity contribution in [1.29, 1.82) is 5.26 Å². The summed E-state index contributed by atoms with van der Waals surface area (Å²) in [5.41, 5.74) is 8.57. The maximum atomic E-state index is 10.1. The van der Waals surface area contributed by atoms with Crippen LogP contribution in [-0.4, -0.2) is 37.6 Å². The monoisotopic (exact) mass is 397 g/mol. The number of hydrazone groups is 1. The van der Waals surface area contributed by atoms with E-state index in [4.69, 9.17) is 4.99 Å². The first kappa shape index (κ1) is 21.3. The highest BCUT2D eigenvalue weighted by Crippen LogP contribution is 2.39.